The Morgan fingerprint density at radius 1 is 1.16 bits per heavy atom. The molecule has 3 aromatic rings. The molecule has 0 aliphatic carbocycles. The Morgan fingerprint density at radius 2 is 1.90 bits per heavy atom. The molecule has 0 amide bonds. The van der Waals surface area contributed by atoms with Gasteiger partial charge in [0.2, 0.25) is 0 Å². The first-order chi connectivity index (χ1) is 14.9. The third kappa shape index (κ3) is 5.81. The van der Waals surface area contributed by atoms with Crippen LogP contribution in [0.3, 0.4) is 0 Å². The molecule has 2 aromatic carbocycles. The number of alkyl halides is 3. The van der Waals surface area contributed by atoms with Crippen molar-refractivity contribution in [1.29, 1.82) is 5.26 Å². The van der Waals surface area contributed by atoms with E-state index in [4.69, 9.17) is 15.0 Å². The van der Waals surface area contributed by atoms with Crippen molar-refractivity contribution in [2.24, 2.45) is 0 Å². The van der Waals surface area contributed by atoms with Crippen LogP contribution in [0.25, 0.3) is 10.6 Å². The summed E-state index contributed by atoms with van der Waals surface area (Å²) in [6.07, 6.45) is 0.318. The molecule has 0 fully saturated rings. The highest BCUT2D eigenvalue weighted by Gasteiger charge is 2.30. The highest BCUT2D eigenvalue weighted by Crippen LogP contribution is 2.34. The van der Waals surface area contributed by atoms with E-state index < -0.39 is 11.7 Å². The summed E-state index contributed by atoms with van der Waals surface area (Å²) in [5, 5.41) is 9.85. The van der Waals surface area contributed by atoms with Gasteiger partial charge in [0.15, 0.2) is 0 Å². The minimum atomic E-state index is -4.36. The Bertz CT molecular complexity index is 1070. The van der Waals surface area contributed by atoms with E-state index >= 15 is 0 Å². The van der Waals surface area contributed by atoms with Gasteiger partial charge in [-0.3, -0.25) is 0 Å². The van der Waals surface area contributed by atoms with Crippen molar-refractivity contribution in [3.63, 3.8) is 0 Å². The van der Waals surface area contributed by atoms with Gasteiger partial charge in [-0.25, -0.2) is 4.98 Å². The van der Waals surface area contributed by atoms with E-state index in [0.717, 1.165) is 46.9 Å². The minimum Gasteiger partial charge on any atom is -0.488 e. The highest BCUT2D eigenvalue weighted by atomic mass is 32.2. The Kier molecular flexibility index (Phi) is 7.63. The highest BCUT2D eigenvalue weighted by molar-refractivity contribution is 7.98. The fourth-order valence-corrected chi connectivity index (χ4v) is 4.56. The largest absolute Gasteiger partial charge is 0.488 e. The van der Waals surface area contributed by atoms with Crippen LogP contribution < -0.4 is 4.74 Å². The van der Waals surface area contributed by atoms with Crippen molar-refractivity contribution in [2.75, 3.05) is 6.26 Å². The summed E-state index contributed by atoms with van der Waals surface area (Å²) >= 11 is 2.92. The second-order valence-corrected chi connectivity index (χ2v) is 8.76. The van der Waals surface area contributed by atoms with Gasteiger partial charge in [-0.05, 0) is 49.4 Å². The van der Waals surface area contributed by atoms with Crippen LogP contribution >= 0.6 is 23.1 Å². The van der Waals surface area contributed by atoms with Crippen LogP contribution in [0, 0.1) is 11.3 Å². The number of hydrogen-bond donors (Lipinski definition) is 0. The van der Waals surface area contributed by atoms with Crippen LogP contribution in [0.5, 0.6) is 5.75 Å². The van der Waals surface area contributed by atoms with Crippen molar-refractivity contribution in [3.8, 4) is 22.4 Å². The van der Waals surface area contributed by atoms with Gasteiger partial charge in [0.1, 0.15) is 23.4 Å². The zero-order chi connectivity index (χ0) is 22.4. The molecule has 0 spiro atoms. The van der Waals surface area contributed by atoms with Crippen molar-refractivity contribution < 1.29 is 17.9 Å². The molecule has 0 aliphatic heterocycles. The molecule has 31 heavy (non-hydrogen) atoms. The lowest BCUT2D eigenvalue weighted by Crippen LogP contribution is -2.03. The van der Waals surface area contributed by atoms with E-state index in [0.29, 0.717) is 28.5 Å². The lowest BCUT2D eigenvalue weighted by Gasteiger charge is -2.08. The molecule has 0 bridgehead atoms. The van der Waals surface area contributed by atoms with Gasteiger partial charge in [0.05, 0.1) is 21.7 Å². The van der Waals surface area contributed by atoms with E-state index in [1.807, 2.05) is 12.3 Å². The number of rotatable bonds is 8. The summed E-state index contributed by atoms with van der Waals surface area (Å²) in [7, 11) is 0. The first kappa shape index (κ1) is 23.2. The maximum atomic E-state index is 12.8. The van der Waals surface area contributed by atoms with Crippen molar-refractivity contribution in [3.05, 3.63) is 64.2 Å². The summed E-state index contributed by atoms with van der Waals surface area (Å²) in [5.41, 5.74) is 1.50. The number of thioether (sulfide) groups is 1. The molecule has 1 aromatic heterocycles. The number of aromatic nitrogens is 1. The monoisotopic (exact) mass is 462 g/mol. The smallest absolute Gasteiger partial charge is 0.416 e. The van der Waals surface area contributed by atoms with E-state index in [1.165, 1.54) is 35.2 Å². The second-order valence-electron chi connectivity index (χ2n) is 6.83. The van der Waals surface area contributed by atoms with Gasteiger partial charge in [-0.15, -0.1) is 23.1 Å². The van der Waals surface area contributed by atoms with Gasteiger partial charge < -0.3 is 4.74 Å². The summed E-state index contributed by atoms with van der Waals surface area (Å²) in [6, 6.07) is 12.6. The lowest BCUT2D eigenvalue weighted by molar-refractivity contribution is -0.137. The quantitative estimate of drug-likeness (QED) is 0.329. The average Bonchev–Trinajstić information content (AvgIpc) is 3.18. The summed E-state index contributed by atoms with van der Waals surface area (Å²) in [5.74, 6) is 0.661. The molecule has 0 aliphatic rings. The molecule has 0 radical (unpaired) electrons. The van der Waals surface area contributed by atoms with Gasteiger partial charge in [-0.1, -0.05) is 25.5 Å². The SMILES string of the molecule is CCCCc1nc(-c2ccc(C(F)(F)F)cc2)sc1COc1ccc(C#N)c(SC)c1. The topological polar surface area (TPSA) is 45.9 Å². The van der Waals surface area contributed by atoms with Crippen LogP contribution in [0.15, 0.2) is 47.4 Å². The molecular weight excluding hydrogens is 441 g/mol. The van der Waals surface area contributed by atoms with E-state index in [1.54, 1.807) is 12.1 Å². The lowest BCUT2D eigenvalue weighted by atomic mass is 10.1. The Labute approximate surface area is 187 Å². The van der Waals surface area contributed by atoms with E-state index in [-0.39, 0.29) is 0 Å². The molecule has 3 nitrogen and oxygen atoms in total. The number of halogens is 3. The number of hydrogen-bond acceptors (Lipinski definition) is 5. The molecule has 0 saturated heterocycles. The van der Waals surface area contributed by atoms with Crippen LogP contribution in [-0.2, 0) is 19.2 Å². The van der Waals surface area contributed by atoms with Crippen LogP contribution in [0.4, 0.5) is 13.2 Å². The Balaban J connectivity index is 1.83. The number of thiazole rings is 1. The molecule has 0 unspecified atom stereocenters. The minimum absolute atomic E-state index is 0.317. The van der Waals surface area contributed by atoms with Crippen LogP contribution in [0.1, 0.15) is 41.5 Å². The second kappa shape index (κ2) is 10.2. The zero-order valence-electron chi connectivity index (χ0n) is 17.1. The predicted octanol–water partition coefficient (Wildman–Crippen LogP) is 7.34. The Morgan fingerprint density at radius 3 is 2.52 bits per heavy atom. The fraction of sp³-hybridized carbons (Fsp3) is 0.304. The van der Waals surface area contributed by atoms with Gasteiger partial charge in [0, 0.05) is 10.5 Å². The van der Waals surface area contributed by atoms with Gasteiger partial charge in [-0.2, -0.15) is 18.4 Å². The molecule has 0 N–H and O–H groups in total. The summed E-state index contributed by atoms with van der Waals surface area (Å²) in [4.78, 5) is 6.50. The maximum Gasteiger partial charge on any atom is 0.416 e. The van der Waals surface area contributed by atoms with Crippen molar-refractivity contribution in [2.45, 2.75) is 43.9 Å². The zero-order valence-corrected chi connectivity index (χ0v) is 18.8. The molecular formula is C23H21F3N2OS2. The normalized spacial score (nSPS) is 11.4. The maximum absolute atomic E-state index is 12.8. The molecule has 0 atom stereocenters. The summed E-state index contributed by atoms with van der Waals surface area (Å²) in [6.45, 7) is 2.41. The number of aryl methyl sites for hydroxylation is 1. The third-order valence-electron chi connectivity index (χ3n) is 4.67. The first-order valence-corrected chi connectivity index (χ1v) is 11.8. The number of benzene rings is 2. The number of nitriles is 1. The molecule has 162 valence electrons. The first-order valence-electron chi connectivity index (χ1n) is 9.72. The predicted molar refractivity (Wildman–Crippen MR) is 118 cm³/mol. The molecule has 3 rings (SSSR count). The fourth-order valence-electron chi connectivity index (χ4n) is 2.96. The van der Waals surface area contributed by atoms with Gasteiger partial charge >= 0.3 is 6.18 Å². The summed E-state index contributed by atoms with van der Waals surface area (Å²) < 4.78 is 44.5. The number of nitrogens with zero attached hydrogens (tertiary/aromatic N) is 2. The van der Waals surface area contributed by atoms with E-state index in [2.05, 4.69) is 13.0 Å². The van der Waals surface area contributed by atoms with Crippen molar-refractivity contribution >= 4 is 23.1 Å². The number of unbranched alkanes of at least 4 members (excludes halogenated alkanes) is 1. The van der Waals surface area contributed by atoms with E-state index in [9.17, 15) is 13.2 Å². The van der Waals surface area contributed by atoms with Crippen LogP contribution in [0.2, 0.25) is 0 Å². The third-order valence-corrected chi connectivity index (χ3v) is 6.57. The standard InChI is InChI=1S/C23H21F3N2OS2/c1-3-4-5-19-21(14-29-18-11-8-16(13-27)20(12-18)30-2)31-22(28-19)15-6-9-17(10-7-15)23(24,25)26/h6-12H,3-5,14H2,1-2H3. The molecule has 1 heterocycles. The Hall–Kier alpha value is -2.50. The van der Waals surface area contributed by atoms with Gasteiger partial charge in [0.25, 0.3) is 0 Å². The average molecular weight is 463 g/mol. The van der Waals surface area contributed by atoms with Crippen molar-refractivity contribution in [1.82, 2.24) is 4.98 Å². The molecule has 8 heteroatoms. The molecule has 0 saturated carbocycles. The number of ether oxygens (including phenoxy) is 1. The van der Waals surface area contributed by atoms with Crippen LogP contribution in [-0.4, -0.2) is 11.2 Å².